The third-order valence-electron chi connectivity index (χ3n) is 8.61. The van der Waals surface area contributed by atoms with Gasteiger partial charge in [-0.05, 0) is 56.2 Å². The Bertz CT molecular complexity index is 2290. The van der Waals surface area contributed by atoms with Gasteiger partial charge in [-0.25, -0.2) is 18.1 Å². The molecule has 0 atom stereocenters. The van der Waals surface area contributed by atoms with Crippen LogP contribution >= 0.6 is 0 Å². The van der Waals surface area contributed by atoms with Crippen molar-refractivity contribution in [2.75, 3.05) is 4.72 Å². The summed E-state index contributed by atoms with van der Waals surface area (Å²) in [6, 6.07) is 15.7. The Balaban J connectivity index is 1.30. The predicted molar refractivity (Wildman–Crippen MR) is 174 cm³/mol. The van der Waals surface area contributed by atoms with Crippen LogP contribution in [0, 0.1) is 6.92 Å². The molecule has 13 heteroatoms. The van der Waals surface area contributed by atoms with E-state index in [0.717, 1.165) is 12.8 Å². The number of fused-ring (bicyclic) bond motifs is 1. The van der Waals surface area contributed by atoms with Crippen molar-refractivity contribution in [3.63, 3.8) is 0 Å². The highest BCUT2D eigenvalue weighted by molar-refractivity contribution is 7.93. The van der Waals surface area contributed by atoms with E-state index in [1.807, 2.05) is 26.8 Å². The quantitative estimate of drug-likeness (QED) is 0.251. The Morgan fingerprint density at radius 3 is 2.26 bits per heavy atom. The molecule has 3 N–H and O–H groups in total. The Labute approximate surface area is 264 Å². The second-order valence-electron chi connectivity index (χ2n) is 12.9. The molecule has 5 aromatic rings. The number of aliphatic hydroxyl groups excluding tert-OH is 1. The summed E-state index contributed by atoms with van der Waals surface area (Å²) in [4.78, 5) is 31.9. The molecule has 2 aliphatic rings. The average Bonchev–Trinajstić information content (AvgIpc) is 3.81. The number of aromatic nitrogens is 6. The van der Waals surface area contributed by atoms with Gasteiger partial charge in [0.1, 0.15) is 5.76 Å². The molecule has 2 aromatic carbocycles. The van der Waals surface area contributed by atoms with Crippen LogP contribution in [0.4, 0.5) is 5.69 Å². The number of Topliss-reactive ketones (excluding diaryl/α,β-unsaturated/α-hetero) is 1. The molecular formula is C33H33N7O5S. The first-order chi connectivity index (χ1) is 21.8. The van der Waals surface area contributed by atoms with Gasteiger partial charge in [-0.3, -0.25) is 19.4 Å². The molecule has 7 rings (SSSR count). The fourth-order valence-corrected chi connectivity index (χ4v) is 7.84. The lowest BCUT2D eigenvalue weighted by molar-refractivity contribution is -0.109. The zero-order valence-corrected chi connectivity index (χ0v) is 26.6. The molecule has 12 nitrogen and oxygen atoms in total. The van der Waals surface area contributed by atoms with Gasteiger partial charge in [0, 0.05) is 22.4 Å². The number of carbonyl (C=O) groups excluding carboxylic acids is 1. The summed E-state index contributed by atoms with van der Waals surface area (Å²) in [6.45, 7) is 7.49. The number of aromatic amines is 1. The molecule has 0 aliphatic heterocycles. The van der Waals surface area contributed by atoms with Gasteiger partial charge in [0.2, 0.25) is 15.8 Å². The minimum absolute atomic E-state index is 0.0318. The van der Waals surface area contributed by atoms with Gasteiger partial charge in [0.25, 0.3) is 5.56 Å². The molecule has 3 aromatic heterocycles. The molecule has 0 radical (unpaired) electrons. The summed E-state index contributed by atoms with van der Waals surface area (Å²) >= 11 is 0. The normalized spacial score (nSPS) is 17.3. The summed E-state index contributed by atoms with van der Waals surface area (Å²) in [7, 11) is -3.47. The van der Waals surface area contributed by atoms with Crippen molar-refractivity contribution >= 4 is 38.3 Å². The number of benzene rings is 2. The standard InChI is InChI=1S/C33H33N7O5S/c1-18-23(32(43)39(35-18)21-10-6-5-7-11-21)24-27(41)25(28(24)42)26-29(33(2,3)4)36-40-31(26)34-30(37-40)19-14-16-20(17-15-19)38-46(44,45)22-12-8-9-13-22/h5-7,10-11,14-17,22,35,38,41H,8-9,12-13H2,1-4H3/b26-25+. The molecule has 46 heavy (non-hydrogen) atoms. The van der Waals surface area contributed by atoms with Crippen molar-refractivity contribution in [2.45, 2.75) is 64.0 Å². The van der Waals surface area contributed by atoms with Crippen LogP contribution in [0.5, 0.6) is 0 Å². The zero-order valence-electron chi connectivity index (χ0n) is 25.8. The van der Waals surface area contributed by atoms with Crippen molar-refractivity contribution in [2.24, 2.45) is 0 Å². The third-order valence-corrected chi connectivity index (χ3v) is 10.5. The minimum Gasteiger partial charge on any atom is -0.506 e. The highest BCUT2D eigenvalue weighted by atomic mass is 32.2. The van der Waals surface area contributed by atoms with E-state index >= 15 is 0 Å². The van der Waals surface area contributed by atoms with Crippen molar-refractivity contribution < 1.29 is 18.3 Å². The minimum atomic E-state index is -3.47. The van der Waals surface area contributed by atoms with Gasteiger partial charge < -0.3 is 5.11 Å². The number of rotatable bonds is 6. The summed E-state index contributed by atoms with van der Waals surface area (Å²) < 4.78 is 30.8. The van der Waals surface area contributed by atoms with E-state index in [-0.39, 0.29) is 33.4 Å². The third kappa shape index (κ3) is 4.73. The molecule has 0 unspecified atom stereocenters. The van der Waals surface area contributed by atoms with Crippen LogP contribution in [-0.2, 0) is 20.2 Å². The topological polar surface area (TPSA) is 164 Å². The molecule has 236 valence electrons. The molecule has 0 bridgehead atoms. The largest absolute Gasteiger partial charge is 0.506 e. The van der Waals surface area contributed by atoms with E-state index in [1.54, 1.807) is 55.5 Å². The van der Waals surface area contributed by atoms with Crippen LogP contribution < -0.4 is 15.5 Å². The van der Waals surface area contributed by atoms with Crippen LogP contribution in [0.25, 0.3) is 33.9 Å². The number of carbonyl (C=O) groups is 1. The Hall–Kier alpha value is -5.04. The molecule has 0 saturated heterocycles. The highest BCUT2D eigenvalue weighted by Crippen LogP contribution is 2.37. The monoisotopic (exact) mass is 639 g/mol. The summed E-state index contributed by atoms with van der Waals surface area (Å²) in [5, 5.41) is 23.6. The smallest absolute Gasteiger partial charge is 0.279 e. The van der Waals surface area contributed by atoms with Crippen LogP contribution in [0.2, 0.25) is 0 Å². The Kier molecular flexibility index (Phi) is 6.78. The first kappa shape index (κ1) is 29.7. The Morgan fingerprint density at radius 2 is 1.63 bits per heavy atom. The maximum Gasteiger partial charge on any atom is 0.279 e. The maximum atomic E-state index is 13.8. The van der Waals surface area contributed by atoms with Gasteiger partial charge in [-0.2, -0.15) is 5.10 Å². The number of para-hydroxylation sites is 1. The van der Waals surface area contributed by atoms with Crippen LogP contribution in [0.15, 0.2) is 65.2 Å². The number of sulfonamides is 1. The number of hydrogen-bond acceptors (Lipinski definition) is 8. The number of H-pyrrole nitrogens is 1. The Morgan fingerprint density at radius 1 is 0.957 bits per heavy atom. The summed E-state index contributed by atoms with van der Waals surface area (Å²) in [5.41, 5.74) is 2.02. The van der Waals surface area contributed by atoms with Gasteiger partial charge in [0.05, 0.1) is 38.6 Å². The molecule has 3 heterocycles. The van der Waals surface area contributed by atoms with E-state index in [1.165, 1.54) is 9.31 Å². The molecule has 1 fully saturated rings. The van der Waals surface area contributed by atoms with E-state index < -0.39 is 26.8 Å². The summed E-state index contributed by atoms with van der Waals surface area (Å²) in [5.74, 6) is -0.466. The number of nitrogens with one attached hydrogen (secondary N) is 2. The van der Waals surface area contributed by atoms with Crippen molar-refractivity contribution in [1.82, 2.24) is 29.6 Å². The number of aryl methyl sites for hydroxylation is 1. The SMILES string of the molecule is Cc1[nH]n(-c2ccccc2)c(=O)c1C1=C(O)/C(=c2/c(C(C)(C)C)nn3nc(-c4ccc(NS(=O)(=O)C5CCCC5)cc4)nc23)C1=O. The predicted octanol–water partition coefficient (Wildman–Crippen LogP) is 3.98. The second kappa shape index (κ2) is 10.5. The number of allylic oxidation sites excluding steroid dienone is 2. The van der Waals surface area contributed by atoms with Gasteiger partial charge in [-0.15, -0.1) is 9.73 Å². The number of nitrogens with zero attached hydrogens (tertiary/aromatic N) is 5. The zero-order chi connectivity index (χ0) is 32.5. The lowest BCUT2D eigenvalue weighted by Gasteiger charge is -2.22. The maximum absolute atomic E-state index is 13.8. The van der Waals surface area contributed by atoms with Gasteiger partial charge in [-0.1, -0.05) is 51.8 Å². The van der Waals surface area contributed by atoms with Crippen LogP contribution in [-0.4, -0.2) is 54.1 Å². The first-order valence-electron chi connectivity index (χ1n) is 15.1. The van der Waals surface area contributed by atoms with E-state index in [4.69, 9.17) is 4.98 Å². The molecule has 0 spiro atoms. The number of aliphatic hydroxyl groups is 1. The number of anilines is 1. The van der Waals surface area contributed by atoms with Gasteiger partial charge in [0.15, 0.2) is 11.5 Å². The van der Waals surface area contributed by atoms with Crippen LogP contribution in [0.3, 0.4) is 0 Å². The lowest BCUT2D eigenvalue weighted by Crippen LogP contribution is -2.33. The lowest BCUT2D eigenvalue weighted by atomic mass is 9.80. The molecule has 1 saturated carbocycles. The van der Waals surface area contributed by atoms with Crippen molar-refractivity contribution in [3.05, 3.63) is 92.9 Å². The average molecular weight is 640 g/mol. The van der Waals surface area contributed by atoms with E-state index in [2.05, 4.69) is 20.0 Å². The molecule has 0 amide bonds. The fourth-order valence-electron chi connectivity index (χ4n) is 6.26. The second-order valence-corrected chi connectivity index (χ2v) is 14.8. The van der Waals surface area contributed by atoms with Crippen molar-refractivity contribution in [1.29, 1.82) is 0 Å². The van der Waals surface area contributed by atoms with E-state index in [9.17, 15) is 23.1 Å². The first-order valence-corrected chi connectivity index (χ1v) is 16.7. The number of hydrogen-bond donors (Lipinski definition) is 3. The van der Waals surface area contributed by atoms with Crippen LogP contribution in [0.1, 0.15) is 63.4 Å². The van der Waals surface area contributed by atoms with E-state index in [0.29, 0.717) is 52.2 Å². The molecule has 2 aliphatic carbocycles. The molecular weight excluding hydrogens is 606 g/mol. The highest BCUT2D eigenvalue weighted by Gasteiger charge is 2.41. The number of ketones is 1. The summed E-state index contributed by atoms with van der Waals surface area (Å²) in [6.07, 6.45) is 3.16. The fraction of sp³-hybridized carbons (Fsp3) is 0.303. The van der Waals surface area contributed by atoms with Crippen molar-refractivity contribution in [3.8, 4) is 17.1 Å². The van der Waals surface area contributed by atoms with Gasteiger partial charge >= 0.3 is 0 Å².